The molecular formula is C64H36N6O2. The van der Waals surface area contributed by atoms with Crippen molar-refractivity contribution in [3.05, 3.63) is 224 Å². The third-order valence-electron chi connectivity index (χ3n) is 14.2. The second-order valence-electron chi connectivity index (χ2n) is 18.1. The summed E-state index contributed by atoms with van der Waals surface area (Å²) in [6, 6.07) is 77.1. The van der Waals surface area contributed by atoms with Crippen LogP contribution in [0.3, 0.4) is 0 Å². The van der Waals surface area contributed by atoms with E-state index in [1.54, 1.807) is 0 Å². The fraction of sp³-hybridized carbons (Fsp3) is 0. The third-order valence-corrected chi connectivity index (χ3v) is 14.2. The summed E-state index contributed by atoms with van der Waals surface area (Å²) in [5, 5.41) is 19.8. The van der Waals surface area contributed by atoms with E-state index in [2.05, 4.69) is 124 Å². The molecule has 0 saturated heterocycles. The Balaban J connectivity index is 1.23. The van der Waals surface area contributed by atoms with Gasteiger partial charge in [0.2, 0.25) is 0 Å². The molecule has 0 atom stereocenters. The molecule has 0 saturated carbocycles. The number of nitriles is 1. The topological polar surface area (TPSA) is 98.6 Å². The summed E-state index contributed by atoms with van der Waals surface area (Å²) < 4.78 is 18.7. The highest BCUT2D eigenvalue weighted by atomic mass is 16.3. The number of hydrogen-bond acceptors (Lipinski definition) is 6. The normalized spacial score (nSPS) is 11.9. The summed E-state index contributed by atoms with van der Waals surface area (Å²) in [5.74, 6) is 1.40. The smallest absolute Gasteiger partial charge is 0.166 e. The first kappa shape index (κ1) is 39.9. The van der Waals surface area contributed by atoms with Gasteiger partial charge in [-0.1, -0.05) is 176 Å². The van der Waals surface area contributed by atoms with Crippen LogP contribution in [-0.4, -0.2) is 24.1 Å². The van der Waals surface area contributed by atoms with Crippen LogP contribution in [0.4, 0.5) is 0 Å². The van der Waals surface area contributed by atoms with Gasteiger partial charge in [-0.3, -0.25) is 0 Å². The molecular weight excluding hydrogens is 885 g/mol. The number of para-hydroxylation sites is 4. The minimum atomic E-state index is 0.396. The van der Waals surface area contributed by atoms with Gasteiger partial charge in [0.25, 0.3) is 0 Å². The van der Waals surface area contributed by atoms with E-state index in [1.165, 1.54) is 0 Å². The van der Waals surface area contributed by atoms with Gasteiger partial charge in [0, 0.05) is 65.3 Å². The lowest BCUT2D eigenvalue weighted by molar-refractivity contribution is 0.670. The molecule has 0 aliphatic rings. The lowest BCUT2D eigenvalue weighted by Crippen LogP contribution is -2.11. The zero-order chi connectivity index (χ0) is 47.4. The first-order valence-corrected chi connectivity index (χ1v) is 23.9. The highest BCUT2D eigenvalue weighted by Crippen LogP contribution is 2.50. The minimum Gasteiger partial charge on any atom is -0.454 e. The van der Waals surface area contributed by atoms with Gasteiger partial charge >= 0.3 is 0 Å². The van der Waals surface area contributed by atoms with Gasteiger partial charge in [-0.15, -0.1) is 0 Å². The van der Waals surface area contributed by atoms with Crippen LogP contribution in [0.5, 0.6) is 0 Å². The predicted molar refractivity (Wildman–Crippen MR) is 290 cm³/mol. The second kappa shape index (κ2) is 15.5. The van der Waals surface area contributed by atoms with E-state index in [0.717, 1.165) is 121 Å². The van der Waals surface area contributed by atoms with Gasteiger partial charge in [0.15, 0.2) is 28.6 Å². The fourth-order valence-corrected chi connectivity index (χ4v) is 11.1. The zero-order valence-corrected chi connectivity index (χ0v) is 38.3. The third kappa shape index (κ3) is 5.76. The molecule has 0 amide bonds. The zero-order valence-electron chi connectivity index (χ0n) is 38.3. The lowest BCUT2D eigenvalue weighted by Gasteiger charge is -2.24. The summed E-state index contributed by atoms with van der Waals surface area (Å²) in [6.07, 6.45) is 0. The maximum atomic E-state index is 11.8. The number of benzene rings is 10. The average Bonchev–Trinajstić information content (AvgIpc) is 4.21. The number of hydrogen-bond donors (Lipinski definition) is 0. The van der Waals surface area contributed by atoms with Crippen LogP contribution in [0.1, 0.15) is 5.56 Å². The Bertz CT molecular complexity index is 4690. The highest BCUT2D eigenvalue weighted by molar-refractivity contribution is 6.24. The summed E-state index contributed by atoms with van der Waals surface area (Å²) >= 11 is 0. The highest BCUT2D eigenvalue weighted by Gasteiger charge is 2.32. The molecule has 8 nitrogen and oxygen atoms in total. The molecule has 15 rings (SSSR count). The first-order valence-electron chi connectivity index (χ1n) is 23.9. The Hall–Kier alpha value is -10.1. The Labute approximate surface area is 410 Å². The Morgan fingerprint density at radius 1 is 0.361 bits per heavy atom. The maximum absolute atomic E-state index is 11.8. The molecule has 0 unspecified atom stereocenters. The van der Waals surface area contributed by atoms with Gasteiger partial charge in [0.05, 0.1) is 45.1 Å². The van der Waals surface area contributed by atoms with E-state index in [4.69, 9.17) is 23.8 Å². The maximum Gasteiger partial charge on any atom is 0.166 e. The molecule has 0 bridgehead atoms. The summed E-state index contributed by atoms with van der Waals surface area (Å²) in [4.78, 5) is 16.0. The molecule has 0 spiro atoms. The lowest BCUT2D eigenvalue weighted by atomic mass is 9.92. The van der Waals surface area contributed by atoms with Gasteiger partial charge in [0.1, 0.15) is 11.2 Å². The molecule has 0 aliphatic carbocycles. The number of rotatable bonds is 6. The molecule has 0 radical (unpaired) electrons. The van der Waals surface area contributed by atoms with Crippen molar-refractivity contribution in [3.8, 4) is 62.7 Å². The SMILES string of the molecule is N#Cc1cc(-c2nc(-c3ccccc3)nc(-c3ccccc3)n2)c(-n2c3ccccc3c3ccc4c5ccccc5oc4c32)c(-n2c3ccccc3c3ccc4c5ccccc5oc4c32)c1-c1ccccc1. The van der Waals surface area contributed by atoms with E-state index < -0.39 is 0 Å². The van der Waals surface area contributed by atoms with Crippen molar-refractivity contribution in [1.29, 1.82) is 5.26 Å². The number of furan rings is 2. The fourth-order valence-electron chi connectivity index (χ4n) is 11.1. The summed E-state index contributed by atoms with van der Waals surface area (Å²) in [7, 11) is 0. The van der Waals surface area contributed by atoms with Gasteiger partial charge in [-0.05, 0) is 48.0 Å². The van der Waals surface area contributed by atoms with Crippen molar-refractivity contribution >= 4 is 87.5 Å². The quantitative estimate of drug-likeness (QED) is 0.165. The van der Waals surface area contributed by atoms with Crippen molar-refractivity contribution < 1.29 is 8.83 Å². The molecule has 5 aromatic heterocycles. The van der Waals surface area contributed by atoms with Crippen molar-refractivity contribution in [1.82, 2.24) is 24.1 Å². The molecule has 334 valence electrons. The van der Waals surface area contributed by atoms with Gasteiger partial charge in [-0.25, -0.2) is 15.0 Å². The Morgan fingerprint density at radius 3 is 1.26 bits per heavy atom. The Kier molecular flexibility index (Phi) is 8.55. The molecule has 0 N–H and O–H groups in total. The summed E-state index contributed by atoms with van der Waals surface area (Å²) in [6.45, 7) is 0. The molecule has 15 aromatic rings. The average molecular weight is 921 g/mol. The van der Waals surface area contributed by atoms with Crippen LogP contribution in [0.2, 0.25) is 0 Å². The number of aromatic nitrogens is 5. The van der Waals surface area contributed by atoms with E-state index in [9.17, 15) is 5.26 Å². The van der Waals surface area contributed by atoms with E-state index in [1.807, 2.05) is 109 Å². The monoisotopic (exact) mass is 920 g/mol. The number of fused-ring (bicyclic) bond motifs is 14. The molecule has 8 heteroatoms. The largest absolute Gasteiger partial charge is 0.454 e. The molecule has 10 aromatic carbocycles. The van der Waals surface area contributed by atoms with E-state index in [0.29, 0.717) is 28.6 Å². The van der Waals surface area contributed by atoms with Crippen molar-refractivity contribution in [2.75, 3.05) is 0 Å². The van der Waals surface area contributed by atoms with Crippen LogP contribution >= 0.6 is 0 Å². The van der Waals surface area contributed by atoms with E-state index >= 15 is 0 Å². The molecule has 72 heavy (non-hydrogen) atoms. The second-order valence-corrected chi connectivity index (χ2v) is 18.1. The Morgan fingerprint density at radius 2 is 0.764 bits per heavy atom. The van der Waals surface area contributed by atoms with Crippen molar-refractivity contribution in [2.24, 2.45) is 0 Å². The van der Waals surface area contributed by atoms with Gasteiger partial charge < -0.3 is 18.0 Å². The number of nitrogens with zero attached hydrogens (tertiary/aromatic N) is 6. The first-order chi connectivity index (χ1) is 35.7. The van der Waals surface area contributed by atoms with Crippen LogP contribution in [-0.2, 0) is 0 Å². The minimum absolute atomic E-state index is 0.396. The van der Waals surface area contributed by atoms with Gasteiger partial charge in [-0.2, -0.15) is 5.26 Å². The van der Waals surface area contributed by atoms with Crippen LogP contribution in [0.25, 0.3) is 144 Å². The van der Waals surface area contributed by atoms with Crippen LogP contribution < -0.4 is 0 Å². The standard InChI is InChI=1S/C64H36N6O2/c65-37-41-36-50(64-67-62(39-20-6-2-7-21-39)66-63(68-64)40-22-8-3-9-23-40)56(69-51-28-14-10-24-42(51)46-32-34-48-44-26-12-16-30-53(44)71-60(48)57(46)69)59(55(41)38-18-4-1-5-19-38)70-52-29-15-11-25-43(52)47-33-35-49-45-27-13-17-31-54(45)72-61(49)58(47)70/h1-36H. The van der Waals surface area contributed by atoms with Crippen LogP contribution in [0, 0.1) is 11.3 Å². The molecule has 0 fully saturated rings. The predicted octanol–water partition coefficient (Wildman–Crippen LogP) is 16.4. The summed E-state index contributed by atoms with van der Waals surface area (Å²) in [5.41, 5.74) is 12.4. The van der Waals surface area contributed by atoms with Crippen molar-refractivity contribution in [3.63, 3.8) is 0 Å². The van der Waals surface area contributed by atoms with E-state index in [-0.39, 0.29) is 0 Å². The van der Waals surface area contributed by atoms with Crippen LogP contribution in [0.15, 0.2) is 227 Å². The van der Waals surface area contributed by atoms with Crippen molar-refractivity contribution in [2.45, 2.75) is 0 Å². The molecule has 5 heterocycles. The molecule has 0 aliphatic heterocycles.